The first kappa shape index (κ1) is 15.0. The molecule has 1 fully saturated rings. The number of carboxylic acids is 1. The molecule has 0 heterocycles. The van der Waals surface area contributed by atoms with Gasteiger partial charge >= 0.3 is 5.97 Å². The van der Waals surface area contributed by atoms with Gasteiger partial charge in [-0.2, -0.15) is 0 Å². The van der Waals surface area contributed by atoms with Crippen LogP contribution >= 0.6 is 15.9 Å². The van der Waals surface area contributed by atoms with Gasteiger partial charge in [-0.1, -0.05) is 22.4 Å². The molecule has 5 heteroatoms. The number of carboxylic acid groups (broad SMARTS) is 1. The monoisotopic (exact) mass is 339 g/mol. The Kier molecular flexibility index (Phi) is 4.81. The lowest BCUT2D eigenvalue weighted by molar-refractivity contribution is -0.142. The van der Waals surface area contributed by atoms with Gasteiger partial charge in [0.05, 0.1) is 5.92 Å². The molecule has 0 bridgehead atoms. The first-order chi connectivity index (χ1) is 9.49. The van der Waals surface area contributed by atoms with E-state index in [1.165, 1.54) is 0 Å². The standard InChI is InChI=1S/C15H18BrNO3/c1-9-7-11(16)5-6-12(9)14(18)17-8-10-3-2-4-13(10)15(19)20/h5-7,10,13H,2-4,8H2,1H3,(H,17,18)(H,19,20). The van der Waals surface area contributed by atoms with E-state index in [9.17, 15) is 9.59 Å². The molecule has 20 heavy (non-hydrogen) atoms. The fourth-order valence-corrected chi connectivity index (χ4v) is 3.28. The van der Waals surface area contributed by atoms with Crippen LogP contribution in [-0.4, -0.2) is 23.5 Å². The molecular formula is C15H18BrNO3. The fraction of sp³-hybridized carbons (Fsp3) is 0.467. The molecule has 108 valence electrons. The highest BCUT2D eigenvalue weighted by molar-refractivity contribution is 9.10. The molecule has 0 saturated heterocycles. The maximum absolute atomic E-state index is 12.1. The number of rotatable bonds is 4. The van der Waals surface area contributed by atoms with E-state index in [1.54, 1.807) is 6.07 Å². The molecule has 1 saturated carbocycles. The largest absolute Gasteiger partial charge is 0.481 e. The molecule has 1 aromatic rings. The molecule has 2 N–H and O–H groups in total. The number of hydrogen-bond acceptors (Lipinski definition) is 2. The van der Waals surface area contributed by atoms with Crippen LogP contribution in [0.5, 0.6) is 0 Å². The Morgan fingerprint density at radius 1 is 1.40 bits per heavy atom. The Labute approximate surface area is 126 Å². The average Bonchev–Trinajstić information content (AvgIpc) is 2.84. The first-order valence-electron chi connectivity index (χ1n) is 6.76. The van der Waals surface area contributed by atoms with E-state index < -0.39 is 5.97 Å². The van der Waals surface area contributed by atoms with Crippen molar-refractivity contribution in [2.24, 2.45) is 11.8 Å². The van der Waals surface area contributed by atoms with E-state index in [0.717, 1.165) is 22.9 Å². The summed E-state index contributed by atoms with van der Waals surface area (Å²) in [7, 11) is 0. The summed E-state index contributed by atoms with van der Waals surface area (Å²) in [4.78, 5) is 23.2. The summed E-state index contributed by atoms with van der Waals surface area (Å²) in [5.41, 5.74) is 1.54. The van der Waals surface area contributed by atoms with Crippen LogP contribution in [-0.2, 0) is 4.79 Å². The highest BCUT2D eigenvalue weighted by atomic mass is 79.9. The predicted octanol–water partition coefficient (Wildman–Crippen LogP) is 2.99. The number of nitrogens with one attached hydrogen (secondary N) is 1. The molecule has 4 nitrogen and oxygen atoms in total. The van der Waals surface area contributed by atoms with Crippen LogP contribution in [0.15, 0.2) is 22.7 Å². The quantitative estimate of drug-likeness (QED) is 0.886. The van der Waals surface area contributed by atoms with Gasteiger partial charge in [-0.25, -0.2) is 0 Å². The van der Waals surface area contributed by atoms with Crippen LogP contribution in [0, 0.1) is 18.8 Å². The summed E-state index contributed by atoms with van der Waals surface area (Å²) in [5, 5.41) is 12.0. The van der Waals surface area contributed by atoms with Gasteiger partial charge in [0, 0.05) is 16.6 Å². The highest BCUT2D eigenvalue weighted by Gasteiger charge is 2.32. The summed E-state index contributed by atoms with van der Waals surface area (Å²) in [5.74, 6) is -1.15. The van der Waals surface area contributed by atoms with E-state index in [2.05, 4.69) is 21.2 Å². The van der Waals surface area contributed by atoms with Crippen molar-refractivity contribution in [1.82, 2.24) is 5.32 Å². The third kappa shape index (κ3) is 3.39. The van der Waals surface area contributed by atoms with Crippen LogP contribution in [0.2, 0.25) is 0 Å². The van der Waals surface area contributed by atoms with Crippen molar-refractivity contribution >= 4 is 27.8 Å². The summed E-state index contributed by atoms with van der Waals surface area (Å²) in [6.45, 7) is 2.32. The normalized spacial score (nSPS) is 21.7. The molecule has 1 aliphatic carbocycles. The lowest BCUT2D eigenvalue weighted by Crippen LogP contribution is -2.33. The van der Waals surface area contributed by atoms with Crippen molar-refractivity contribution in [2.75, 3.05) is 6.54 Å². The van der Waals surface area contributed by atoms with Crippen molar-refractivity contribution in [3.8, 4) is 0 Å². The van der Waals surface area contributed by atoms with Gasteiger partial charge in [0.25, 0.3) is 5.91 Å². The molecule has 0 radical (unpaired) electrons. The minimum Gasteiger partial charge on any atom is -0.481 e. The zero-order valence-corrected chi connectivity index (χ0v) is 12.9. The predicted molar refractivity (Wildman–Crippen MR) is 79.7 cm³/mol. The number of aliphatic carboxylic acids is 1. The van der Waals surface area contributed by atoms with E-state index in [-0.39, 0.29) is 17.7 Å². The third-order valence-corrected chi connectivity index (χ3v) is 4.43. The highest BCUT2D eigenvalue weighted by Crippen LogP contribution is 2.31. The summed E-state index contributed by atoms with van der Waals surface area (Å²) in [6, 6.07) is 5.50. The number of carbonyl (C=O) groups is 2. The van der Waals surface area contributed by atoms with Gasteiger partial charge in [0.1, 0.15) is 0 Å². The number of aryl methyl sites for hydroxylation is 1. The van der Waals surface area contributed by atoms with E-state index in [1.807, 2.05) is 19.1 Å². The maximum Gasteiger partial charge on any atom is 0.306 e. The first-order valence-corrected chi connectivity index (χ1v) is 7.55. The Bertz CT molecular complexity index is 530. The van der Waals surface area contributed by atoms with Crippen LogP contribution in [0.3, 0.4) is 0 Å². The molecule has 2 atom stereocenters. The zero-order valence-electron chi connectivity index (χ0n) is 11.4. The fourth-order valence-electron chi connectivity index (χ4n) is 2.81. The number of halogens is 1. The van der Waals surface area contributed by atoms with Gasteiger partial charge in [-0.05, 0) is 49.4 Å². The smallest absolute Gasteiger partial charge is 0.306 e. The van der Waals surface area contributed by atoms with Crippen LogP contribution in [0.1, 0.15) is 35.2 Å². The van der Waals surface area contributed by atoms with E-state index in [0.29, 0.717) is 18.5 Å². The minimum atomic E-state index is -0.749. The van der Waals surface area contributed by atoms with Crippen LogP contribution < -0.4 is 5.32 Å². The van der Waals surface area contributed by atoms with Crippen LogP contribution in [0.25, 0.3) is 0 Å². The molecule has 0 aliphatic heterocycles. The Morgan fingerprint density at radius 2 is 2.15 bits per heavy atom. The molecule has 1 amide bonds. The molecule has 0 spiro atoms. The van der Waals surface area contributed by atoms with Gasteiger partial charge in [-0.15, -0.1) is 0 Å². The molecule has 1 aromatic carbocycles. The lowest BCUT2D eigenvalue weighted by atomic mass is 9.96. The Balaban J connectivity index is 1.97. The number of hydrogen-bond donors (Lipinski definition) is 2. The van der Waals surface area contributed by atoms with Gasteiger partial charge in [-0.3, -0.25) is 9.59 Å². The van der Waals surface area contributed by atoms with Gasteiger partial charge in [0.15, 0.2) is 0 Å². The summed E-state index contributed by atoms with van der Waals surface area (Å²) >= 11 is 3.37. The number of benzene rings is 1. The number of amides is 1. The molecular weight excluding hydrogens is 322 g/mol. The number of carbonyl (C=O) groups excluding carboxylic acids is 1. The van der Waals surface area contributed by atoms with Crippen LogP contribution in [0.4, 0.5) is 0 Å². The second-order valence-corrected chi connectivity index (χ2v) is 6.22. The topological polar surface area (TPSA) is 66.4 Å². The van der Waals surface area contributed by atoms with Crippen molar-refractivity contribution < 1.29 is 14.7 Å². The SMILES string of the molecule is Cc1cc(Br)ccc1C(=O)NCC1CCCC1C(=O)O. The second-order valence-electron chi connectivity index (χ2n) is 5.30. The van der Waals surface area contributed by atoms with Crippen molar-refractivity contribution in [3.05, 3.63) is 33.8 Å². The van der Waals surface area contributed by atoms with Gasteiger partial charge < -0.3 is 10.4 Å². The zero-order chi connectivity index (χ0) is 14.7. The minimum absolute atomic E-state index is 0.0483. The Hall–Kier alpha value is -1.36. The summed E-state index contributed by atoms with van der Waals surface area (Å²) in [6.07, 6.45) is 2.51. The van der Waals surface area contributed by atoms with Gasteiger partial charge in [0.2, 0.25) is 0 Å². The summed E-state index contributed by atoms with van der Waals surface area (Å²) < 4.78 is 0.938. The molecule has 0 aromatic heterocycles. The van der Waals surface area contributed by atoms with E-state index >= 15 is 0 Å². The molecule has 2 rings (SSSR count). The lowest BCUT2D eigenvalue weighted by Gasteiger charge is -2.16. The maximum atomic E-state index is 12.1. The average molecular weight is 340 g/mol. The molecule has 1 aliphatic rings. The van der Waals surface area contributed by atoms with E-state index in [4.69, 9.17) is 5.11 Å². The van der Waals surface area contributed by atoms with Crippen molar-refractivity contribution in [2.45, 2.75) is 26.2 Å². The van der Waals surface area contributed by atoms with Crippen molar-refractivity contribution in [1.29, 1.82) is 0 Å². The Morgan fingerprint density at radius 3 is 2.80 bits per heavy atom. The van der Waals surface area contributed by atoms with Crippen molar-refractivity contribution in [3.63, 3.8) is 0 Å². The second kappa shape index (κ2) is 6.39. The third-order valence-electron chi connectivity index (χ3n) is 3.93. The molecule has 2 unspecified atom stereocenters.